The first-order valence-electron chi connectivity index (χ1n) is 2.70. The summed E-state index contributed by atoms with van der Waals surface area (Å²) in [5.41, 5.74) is 0. The van der Waals surface area contributed by atoms with Crippen molar-refractivity contribution in [2.24, 2.45) is 0 Å². The van der Waals surface area contributed by atoms with Crippen LogP contribution in [0.1, 0.15) is 6.92 Å². The van der Waals surface area contributed by atoms with Gasteiger partial charge in [-0.15, -0.1) is 5.92 Å². The molecule has 0 radical (unpaired) electrons. The lowest BCUT2D eigenvalue weighted by molar-refractivity contribution is -0.111. The van der Waals surface area contributed by atoms with Crippen molar-refractivity contribution in [3.63, 3.8) is 0 Å². The van der Waals surface area contributed by atoms with Crippen molar-refractivity contribution in [2.75, 3.05) is 0 Å². The Hall–Kier alpha value is -2.09. The minimum atomic E-state index is -0.231. The molecule has 0 amide bonds. The number of carbonyl (C=O) groups excluding carboxylic acids is 1. The van der Waals surface area contributed by atoms with Crippen LogP contribution in [0.3, 0.4) is 0 Å². The summed E-state index contributed by atoms with van der Waals surface area (Å²) in [4.78, 5) is 10.2. The van der Waals surface area contributed by atoms with Crippen LogP contribution in [0.4, 0.5) is 0 Å². The van der Waals surface area contributed by atoms with Gasteiger partial charge in [-0.25, -0.2) is 5.92 Å². The quantitative estimate of drug-likeness (QED) is 0.266. The molecule has 0 aromatic carbocycles. The number of Topliss-reactive ketones (excluding diaryl/α,β-unsaturated/α-hetero) is 1. The molecule has 0 unspecified atom stereocenters. The number of hydrogen-bond acceptors (Lipinski definition) is 1. The van der Waals surface area contributed by atoms with Gasteiger partial charge < -0.3 is 6.42 Å². The molecule has 0 fully saturated rings. The first-order valence-corrected chi connectivity index (χ1v) is 2.70. The van der Waals surface area contributed by atoms with E-state index in [-0.39, 0.29) is 5.78 Å². The molecule has 1 heteroatoms. The van der Waals surface area contributed by atoms with E-state index in [0.29, 0.717) is 0 Å². The SMILES string of the molecule is [C-]#CC#CC#CC#CC(C)=O. The van der Waals surface area contributed by atoms with E-state index in [1.165, 1.54) is 6.92 Å². The van der Waals surface area contributed by atoms with Crippen LogP contribution >= 0.6 is 0 Å². The van der Waals surface area contributed by atoms with Crippen molar-refractivity contribution in [3.8, 4) is 41.4 Å². The number of carbonyl (C=O) groups is 1. The molecule has 0 aromatic heterocycles. The van der Waals surface area contributed by atoms with Crippen molar-refractivity contribution in [2.45, 2.75) is 6.92 Å². The van der Waals surface area contributed by atoms with Gasteiger partial charge in [0, 0.05) is 6.92 Å². The fraction of sp³-hybridized carbons (Fsp3) is 0.100. The molecule has 0 heterocycles. The van der Waals surface area contributed by atoms with Crippen molar-refractivity contribution >= 4 is 5.78 Å². The van der Waals surface area contributed by atoms with Crippen LogP contribution in [-0.4, -0.2) is 5.78 Å². The molecule has 1 nitrogen and oxygen atoms in total. The summed E-state index contributed by atoms with van der Waals surface area (Å²) in [5.74, 6) is 15.2. The van der Waals surface area contributed by atoms with Crippen molar-refractivity contribution in [1.29, 1.82) is 0 Å². The van der Waals surface area contributed by atoms with Gasteiger partial charge >= 0.3 is 0 Å². The second-order valence-electron chi connectivity index (χ2n) is 1.43. The van der Waals surface area contributed by atoms with Gasteiger partial charge in [-0.05, 0) is 23.7 Å². The molecule has 0 atom stereocenters. The lowest BCUT2D eigenvalue weighted by Crippen LogP contribution is -1.78. The van der Waals surface area contributed by atoms with Gasteiger partial charge in [0.2, 0.25) is 5.78 Å². The molecule has 0 aliphatic rings. The Kier molecular flexibility index (Phi) is 4.89. The second-order valence-corrected chi connectivity index (χ2v) is 1.43. The fourth-order valence-corrected chi connectivity index (χ4v) is 0.244. The Bertz CT molecular complexity index is 361. The van der Waals surface area contributed by atoms with Crippen LogP contribution < -0.4 is 0 Å². The molecule has 0 N–H and O–H groups in total. The van der Waals surface area contributed by atoms with Crippen molar-refractivity contribution in [1.82, 2.24) is 0 Å². The lowest BCUT2D eigenvalue weighted by Gasteiger charge is -1.65. The van der Waals surface area contributed by atoms with Crippen LogP contribution in [0.5, 0.6) is 0 Å². The monoisotopic (exact) mass is 139 g/mol. The van der Waals surface area contributed by atoms with Crippen LogP contribution in [0.25, 0.3) is 0 Å². The van der Waals surface area contributed by atoms with Gasteiger partial charge in [-0.1, -0.05) is 0 Å². The third-order valence-corrected chi connectivity index (χ3v) is 0.551. The van der Waals surface area contributed by atoms with Crippen molar-refractivity contribution in [3.05, 3.63) is 6.42 Å². The summed E-state index contributed by atoms with van der Waals surface area (Å²) >= 11 is 0. The summed E-state index contributed by atoms with van der Waals surface area (Å²) in [6.07, 6.45) is 6.37. The highest BCUT2D eigenvalue weighted by molar-refractivity contribution is 5.93. The average Bonchev–Trinajstić information content (AvgIpc) is 1.96. The van der Waals surface area contributed by atoms with E-state index >= 15 is 0 Å². The molecule has 11 heavy (non-hydrogen) atoms. The Morgan fingerprint density at radius 2 is 1.64 bits per heavy atom. The molecule has 0 rings (SSSR count). The van der Waals surface area contributed by atoms with E-state index in [9.17, 15) is 4.79 Å². The fourth-order valence-electron chi connectivity index (χ4n) is 0.244. The maximum absolute atomic E-state index is 10.2. The first-order chi connectivity index (χ1) is 5.27. The van der Waals surface area contributed by atoms with E-state index < -0.39 is 0 Å². The molecular formula is C10H3O-. The van der Waals surface area contributed by atoms with E-state index in [1.54, 1.807) is 0 Å². The maximum atomic E-state index is 10.2. The number of hydrogen-bond donors (Lipinski definition) is 0. The van der Waals surface area contributed by atoms with E-state index in [2.05, 4.69) is 35.5 Å². The van der Waals surface area contributed by atoms with Crippen molar-refractivity contribution < 1.29 is 4.79 Å². The highest BCUT2D eigenvalue weighted by atomic mass is 16.1. The summed E-state index contributed by atoms with van der Waals surface area (Å²) in [7, 11) is 0. The van der Waals surface area contributed by atoms with Gasteiger partial charge in [0.25, 0.3) is 0 Å². The Morgan fingerprint density at radius 3 is 2.18 bits per heavy atom. The molecular weight excluding hydrogens is 136 g/mol. The third-order valence-electron chi connectivity index (χ3n) is 0.551. The Balaban J connectivity index is 4.08. The van der Waals surface area contributed by atoms with E-state index in [1.807, 2.05) is 5.92 Å². The normalized spacial score (nSPS) is 4.73. The van der Waals surface area contributed by atoms with Gasteiger partial charge in [-0.2, -0.15) is 0 Å². The molecule has 0 saturated carbocycles. The van der Waals surface area contributed by atoms with Crippen LogP contribution in [-0.2, 0) is 4.79 Å². The summed E-state index contributed by atoms with van der Waals surface area (Å²) in [6.45, 7) is 1.35. The highest BCUT2D eigenvalue weighted by Crippen LogP contribution is 1.60. The van der Waals surface area contributed by atoms with Gasteiger partial charge in [0.1, 0.15) is 0 Å². The molecule has 0 spiro atoms. The molecule has 50 valence electrons. The zero-order valence-corrected chi connectivity index (χ0v) is 5.91. The molecule has 0 aliphatic heterocycles. The molecule has 0 bridgehead atoms. The minimum Gasteiger partial charge on any atom is -0.358 e. The summed E-state index contributed by atoms with van der Waals surface area (Å²) in [6, 6.07) is 0. The van der Waals surface area contributed by atoms with E-state index in [0.717, 1.165) is 0 Å². The largest absolute Gasteiger partial charge is 0.358 e. The average molecular weight is 139 g/mol. The standard InChI is InChI=1S/C10H3O/c1-3-4-5-6-7-8-9-10(2)11/h2H3/q-1. The predicted octanol–water partition coefficient (Wildman–Crippen LogP) is 0.175. The molecule has 0 aliphatic carbocycles. The van der Waals surface area contributed by atoms with Crippen LogP contribution in [0, 0.1) is 47.9 Å². The van der Waals surface area contributed by atoms with Gasteiger partial charge in [0.05, 0.1) is 0 Å². The van der Waals surface area contributed by atoms with Gasteiger partial charge in [-0.3, -0.25) is 10.7 Å². The van der Waals surface area contributed by atoms with Gasteiger partial charge in [0.15, 0.2) is 0 Å². The number of rotatable bonds is 0. The second kappa shape index (κ2) is 6.04. The summed E-state index contributed by atoms with van der Waals surface area (Å²) < 4.78 is 0. The Morgan fingerprint density at radius 1 is 1.09 bits per heavy atom. The first kappa shape index (κ1) is 8.91. The maximum Gasteiger partial charge on any atom is 0.203 e. The van der Waals surface area contributed by atoms with Crippen LogP contribution in [0.15, 0.2) is 0 Å². The lowest BCUT2D eigenvalue weighted by atomic mass is 10.4. The Labute approximate surface area is 66.2 Å². The molecule has 0 saturated heterocycles. The molecule has 0 aromatic rings. The topological polar surface area (TPSA) is 17.1 Å². The third kappa shape index (κ3) is 7.91. The minimum absolute atomic E-state index is 0.231. The number of ketones is 1. The van der Waals surface area contributed by atoms with E-state index in [4.69, 9.17) is 6.42 Å². The zero-order chi connectivity index (χ0) is 8.53. The zero-order valence-electron chi connectivity index (χ0n) is 5.91. The predicted molar refractivity (Wildman–Crippen MR) is 41.1 cm³/mol. The smallest absolute Gasteiger partial charge is 0.203 e. The highest BCUT2D eigenvalue weighted by Gasteiger charge is 1.73. The summed E-state index contributed by atoms with van der Waals surface area (Å²) in [5, 5.41) is 0. The van der Waals surface area contributed by atoms with Crippen LogP contribution in [0.2, 0.25) is 0 Å².